The van der Waals surface area contributed by atoms with Gasteiger partial charge in [0.15, 0.2) is 0 Å². The lowest BCUT2D eigenvalue weighted by molar-refractivity contribution is -0.156. The molecule has 0 aromatic heterocycles. The van der Waals surface area contributed by atoms with E-state index < -0.39 is 5.60 Å². The molecule has 0 heterocycles. The first kappa shape index (κ1) is 20.9. The maximum atomic E-state index is 11.5. The summed E-state index contributed by atoms with van der Waals surface area (Å²) in [6, 6.07) is 0. The smallest absolute Gasteiger partial charge is 0.308 e. The molecule has 0 amide bonds. The zero-order valence-electron chi connectivity index (χ0n) is 14.3. The number of carbonyl (C=O) groups excluding carboxylic acids is 1. The Morgan fingerprint density at radius 1 is 1.10 bits per heavy atom. The minimum Gasteiger partial charge on any atom is -0.460 e. The first-order chi connectivity index (χ1) is 9.49. The van der Waals surface area contributed by atoms with Crippen molar-refractivity contribution in [3.05, 3.63) is 0 Å². The number of carbonyl (C=O) groups is 1. The summed E-state index contributed by atoms with van der Waals surface area (Å²) in [6.07, 6.45) is 2.26. The average Bonchev–Trinajstić information content (AvgIpc) is 2.24. The van der Waals surface area contributed by atoms with E-state index in [4.69, 9.17) is 14.2 Å². The molecule has 0 saturated heterocycles. The van der Waals surface area contributed by atoms with Gasteiger partial charge in [0.2, 0.25) is 0 Å². The monoisotopic (exact) mass is 366 g/mol. The van der Waals surface area contributed by atoms with E-state index in [1.807, 2.05) is 27.7 Å². The van der Waals surface area contributed by atoms with Gasteiger partial charge in [0.05, 0.1) is 19.1 Å². The second-order valence-electron chi connectivity index (χ2n) is 6.89. The van der Waals surface area contributed by atoms with Crippen LogP contribution in [-0.4, -0.2) is 41.8 Å². The second-order valence-corrected chi connectivity index (χ2v) is 9.03. The quantitative estimate of drug-likeness (QED) is 0.331. The zero-order valence-corrected chi connectivity index (χ0v) is 15.9. The molecule has 0 saturated carbocycles. The standard InChI is InChI=1S/C16H31BrO4/c1-13(20-12-9-16(5,6)17)7-10-19-11-8-14(18)21-15(2,3)4/h13H,7-12H2,1-6H3. The highest BCUT2D eigenvalue weighted by molar-refractivity contribution is 9.10. The van der Waals surface area contributed by atoms with E-state index in [0.717, 1.165) is 19.4 Å². The van der Waals surface area contributed by atoms with Crippen LogP contribution in [0.5, 0.6) is 0 Å². The Morgan fingerprint density at radius 3 is 2.24 bits per heavy atom. The van der Waals surface area contributed by atoms with Crippen LogP contribution < -0.4 is 0 Å². The molecule has 0 aliphatic heterocycles. The highest BCUT2D eigenvalue weighted by Crippen LogP contribution is 2.20. The number of hydrogen-bond donors (Lipinski definition) is 0. The molecule has 0 aliphatic rings. The van der Waals surface area contributed by atoms with Gasteiger partial charge in [-0.3, -0.25) is 4.79 Å². The Kier molecular flexibility index (Phi) is 9.74. The number of halogens is 1. The van der Waals surface area contributed by atoms with Crippen molar-refractivity contribution in [1.29, 1.82) is 0 Å². The Hall–Kier alpha value is -0.130. The maximum Gasteiger partial charge on any atom is 0.308 e. The minimum absolute atomic E-state index is 0.122. The molecule has 1 atom stereocenters. The fraction of sp³-hybridized carbons (Fsp3) is 0.938. The van der Waals surface area contributed by atoms with Crippen LogP contribution in [0.1, 0.15) is 60.8 Å². The summed E-state index contributed by atoms with van der Waals surface area (Å²) in [6.45, 7) is 13.6. The van der Waals surface area contributed by atoms with Gasteiger partial charge in [0.1, 0.15) is 5.60 Å². The van der Waals surface area contributed by atoms with Crippen molar-refractivity contribution >= 4 is 21.9 Å². The molecular formula is C16H31BrO4. The second kappa shape index (κ2) is 9.80. The fourth-order valence-electron chi connectivity index (χ4n) is 1.49. The third kappa shape index (κ3) is 16.1. The van der Waals surface area contributed by atoms with Crippen molar-refractivity contribution in [2.24, 2.45) is 0 Å². The SMILES string of the molecule is CC(CCOCCC(=O)OC(C)(C)C)OCCC(C)(C)Br. The summed E-state index contributed by atoms with van der Waals surface area (Å²) in [4.78, 5) is 11.5. The van der Waals surface area contributed by atoms with E-state index in [-0.39, 0.29) is 16.4 Å². The zero-order chi connectivity index (χ0) is 16.5. The first-order valence-electron chi connectivity index (χ1n) is 7.60. The number of alkyl halides is 1. The van der Waals surface area contributed by atoms with Gasteiger partial charge < -0.3 is 14.2 Å². The van der Waals surface area contributed by atoms with Crippen LogP contribution >= 0.6 is 15.9 Å². The van der Waals surface area contributed by atoms with Crippen LogP contribution in [0.15, 0.2) is 0 Å². The highest BCUT2D eigenvalue weighted by Gasteiger charge is 2.16. The number of esters is 1. The molecule has 0 aromatic rings. The van der Waals surface area contributed by atoms with Gasteiger partial charge in [-0.15, -0.1) is 0 Å². The lowest BCUT2D eigenvalue weighted by Crippen LogP contribution is -2.24. The van der Waals surface area contributed by atoms with E-state index >= 15 is 0 Å². The third-order valence-corrected chi connectivity index (χ3v) is 3.03. The van der Waals surface area contributed by atoms with Crippen molar-refractivity contribution in [3.63, 3.8) is 0 Å². The molecule has 0 spiro atoms. The summed E-state index contributed by atoms with van der Waals surface area (Å²) in [5, 5.41) is 0. The minimum atomic E-state index is -0.428. The number of hydrogen-bond acceptors (Lipinski definition) is 4. The molecule has 126 valence electrons. The summed E-state index contributed by atoms with van der Waals surface area (Å²) in [5.74, 6) is -0.216. The molecule has 0 aliphatic carbocycles. The average molecular weight is 367 g/mol. The maximum absolute atomic E-state index is 11.5. The Balaban J connectivity index is 3.52. The Morgan fingerprint density at radius 2 is 1.71 bits per heavy atom. The van der Waals surface area contributed by atoms with Gasteiger partial charge in [0, 0.05) is 17.5 Å². The number of ether oxygens (including phenoxy) is 3. The highest BCUT2D eigenvalue weighted by atomic mass is 79.9. The van der Waals surface area contributed by atoms with Gasteiger partial charge in [0.25, 0.3) is 0 Å². The van der Waals surface area contributed by atoms with Crippen molar-refractivity contribution in [2.45, 2.75) is 76.8 Å². The van der Waals surface area contributed by atoms with Gasteiger partial charge in [-0.05, 0) is 54.4 Å². The lowest BCUT2D eigenvalue weighted by atomic mass is 10.1. The number of rotatable bonds is 10. The molecule has 21 heavy (non-hydrogen) atoms. The van der Waals surface area contributed by atoms with Gasteiger partial charge in [-0.2, -0.15) is 0 Å². The molecule has 5 heteroatoms. The Bertz CT molecular complexity index is 292. The van der Waals surface area contributed by atoms with Crippen LogP contribution in [0.3, 0.4) is 0 Å². The fourth-order valence-corrected chi connectivity index (χ4v) is 1.65. The predicted molar refractivity (Wildman–Crippen MR) is 88.9 cm³/mol. The summed E-state index contributed by atoms with van der Waals surface area (Å²) >= 11 is 3.59. The van der Waals surface area contributed by atoms with Gasteiger partial charge in [-0.1, -0.05) is 15.9 Å². The molecular weight excluding hydrogens is 336 g/mol. The normalized spacial score (nSPS) is 14.0. The van der Waals surface area contributed by atoms with Crippen molar-refractivity contribution in [3.8, 4) is 0 Å². The van der Waals surface area contributed by atoms with Crippen LogP contribution in [0.2, 0.25) is 0 Å². The summed E-state index contributed by atoms with van der Waals surface area (Å²) in [5.41, 5.74) is -0.428. The van der Waals surface area contributed by atoms with Crippen molar-refractivity contribution < 1.29 is 19.0 Å². The molecule has 0 radical (unpaired) electrons. The van der Waals surface area contributed by atoms with Crippen LogP contribution in [-0.2, 0) is 19.0 Å². The Labute approximate surface area is 138 Å². The summed E-state index contributed by atoms with van der Waals surface area (Å²) < 4.78 is 16.5. The van der Waals surface area contributed by atoms with Gasteiger partial charge in [-0.25, -0.2) is 0 Å². The van der Waals surface area contributed by atoms with E-state index in [2.05, 4.69) is 29.8 Å². The molecule has 0 fully saturated rings. The molecule has 1 unspecified atom stereocenters. The van der Waals surface area contributed by atoms with E-state index in [9.17, 15) is 4.79 Å². The largest absolute Gasteiger partial charge is 0.460 e. The topological polar surface area (TPSA) is 44.8 Å². The van der Waals surface area contributed by atoms with Crippen LogP contribution in [0.4, 0.5) is 0 Å². The molecule has 0 rings (SSSR count). The van der Waals surface area contributed by atoms with E-state index in [1.54, 1.807) is 0 Å². The molecule has 4 nitrogen and oxygen atoms in total. The van der Waals surface area contributed by atoms with Gasteiger partial charge >= 0.3 is 5.97 Å². The third-order valence-electron chi connectivity index (χ3n) is 2.64. The lowest BCUT2D eigenvalue weighted by Gasteiger charge is -2.19. The van der Waals surface area contributed by atoms with Crippen LogP contribution in [0, 0.1) is 0 Å². The molecule has 0 N–H and O–H groups in total. The van der Waals surface area contributed by atoms with Crippen LogP contribution in [0.25, 0.3) is 0 Å². The molecule has 0 aromatic carbocycles. The summed E-state index contributed by atoms with van der Waals surface area (Å²) in [7, 11) is 0. The van der Waals surface area contributed by atoms with E-state index in [0.29, 0.717) is 19.6 Å². The van der Waals surface area contributed by atoms with E-state index in [1.165, 1.54) is 0 Å². The first-order valence-corrected chi connectivity index (χ1v) is 8.39. The molecule has 0 bridgehead atoms. The predicted octanol–water partition coefficient (Wildman–Crippen LogP) is 4.09. The van der Waals surface area contributed by atoms with Crippen molar-refractivity contribution in [2.75, 3.05) is 19.8 Å². The van der Waals surface area contributed by atoms with Crippen molar-refractivity contribution in [1.82, 2.24) is 0 Å².